The summed E-state index contributed by atoms with van der Waals surface area (Å²) < 4.78 is 41.9. The van der Waals surface area contributed by atoms with Crippen molar-refractivity contribution in [2.45, 2.75) is 19.8 Å². The second-order valence-electron chi connectivity index (χ2n) is 6.38. The highest BCUT2D eigenvalue weighted by atomic mass is 19.1. The Morgan fingerprint density at radius 3 is 2.00 bits per heavy atom. The second-order valence-corrected chi connectivity index (χ2v) is 6.38. The summed E-state index contributed by atoms with van der Waals surface area (Å²) in [7, 11) is 0. The molecule has 0 saturated carbocycles. The number of halogens is 3. The SMILES string of the molecule is C/C=C/CCc1ccc(C#Cc2cc(F)c(-c3ccc(F)cc3)c(F)c2)cc1. The Hall–Kier alpha value is -3.25. The standard InChI is InChI=1S/C25H19F3/c1-2-3-4-5-18-6-8-19(9-7-18)10-11-20-16-23(27)25(24(28)17-20)21-12-14-22(26)15-13-21/h2-3,6-9,12-17H,4-5H2,1H3/b3-2+. The van der Waals surface area contributed by atoms with Gasteiger partial charge < -0.3 is 0 Å². The van der Waals surface area contributed by atoms with Crippen molar-refractivity contribution in [3.05, 3.63) is 107 Å². The zero-order valence-corrected chi connectivity index (χ0v) is 15.5. The third-order valence-electron chi connectivity index (χ3n) is 4.32. The number of rotatable bonds is 4. The lowest BCUT2D eigenvalue weighted by atomic mass is 10.0. The van der Waals surface area contributed by atoms with E-state index in [0.29, 0.717) is 0 Å². The maximum absolute atomic E-state index is 14.4. The van der Waals surface area contributed by atoms with Crippen molar-refractivity contribution in [2.75, 3.05) is 0 Å². The Morgan fingerprint density at radius 2 is 1.39 bits per heavy atom. The lowest BCUT2D eigenvalue weighted by Crippen LogP contribution is -1.92. The van der Waals surface area contributed by atoms with Crippen molar-refractivity contribution in [1.29, 1.82) is 0 Å². The first-order valence-electron chi connectivity index (χ1n) is 9.04. The molecule has 0 bridgehead atoms. The van der Waals surface area contributed by atoms with E-state index >= 15 is 0 Å². The van der Waals surface area contributed by atoms with Gasteiger partial charge in [-0.1, -0.05) is 48.3 Å². The maximum Gasteiger partial charge on any atom is 0.135 e. The van der Waals surface area contributed by atoms with Crippen molar-refractivity contribution in [1.82, 2.24) is 0 Å². The highest BCUT2D eigenvalue weighted by Gasteiger charge is 2.13. The van der Waals surface area contributed by atoms with Crippen LogP contribution in [0, 0.1) is 29.3 Å². The Kier molecular flexibility index (Phi) is 6.34. The molecule has 0 aliphatic heterocycles. The fourth-order valence-corrected chi connectivity index (χ4v) is 2.85. The monoisotopic (exact) mass is 376 g/mol. The first kappa shape index (κ1) is 19.5. The molecule has 140 valence electrons. The van der Waals surface area contributed by atoms with Gasteiger partial charge in [-0.25, -0.2) is 13.2 Å². The van der Waals surface area contributed by atoms with Crippen molar-refractivity contribution in [3.63, 3.8) is 0 Å². The van der Waals surface area contributed by atoms with Gasteiger partial charge in [0, 0.05) is 11.1 Å². The normalized spacial score (nSPS) is 10.7. The first-order valence-corrected chi connectivity index (χ1v) is 9.04. The number of hydrogen-bond donors (Lipinski definition) is 0. The summed E-state index contributed by atoms with van der Waals surface area (Å²) in [4.78, 5) is 0. The van der Waals surface area contributed by atoms with Gasteiger partial charge >= 0.3 is 0 Å². The molecule has 0 nitrogen and oxygen atoms in total. The molecule has 0 atom stereocenters. The average molecular weight is 376 g/mol. The number of benzene rings is 3. The molecule has 0 aliphatic rings. The van der Waals surface area contributed by atoms with E-state index in [-0.39, 0.29) is 16.7 Å². The molecule has 0 aromatic heterocycles. The molecule has 0 fully saturated rings. The van der Waals surface area contributed by atoms with Gasteiger partial charge in [0.2, 0.25) is 0 Å². The zero-order valence-electron chi connectivity index (χ0n) is 15.5. The predicted octanol–water partition coefficient (Wildman–Crippen LogP) is 6.68. The largest absolute Gasteiger partial charge is 0.207 e. The predicted molar refractivity (Wildman–Crippen MR) is 107 cm³/mol. The van der Waals surface area contributed by atoms with Crippen LogP contribution < -0.4 is 0 Å². The summed E-state index contributed by atoms with van der Waals surface area (Å²) in [6.07, 6.45) is 6.09. The lowest BCUT2D eigenvalue weighted by Gasteiger charge is -2.06. The van der Waals surface area contributed by atoms with Gasteiger partial charge in [-0.3, -0.25) is 0 Å². The van der Waals surface area contributed by atoms with Gasteiger partial charge in [-0.15, -0.1) is 0 Å². The quantitative estimate of drug-likeness (QED) is 0.352. The van der Waals surface area contributed by atoms with Gasteiger partial charge in [-0.05, 0) is 67.3 Å². The third-order valence-corrected chi connectivity index (χ3v) is 4.32. The third kappa shape index (κ3) is 4.92. The Morgan fingerprint density at radius 1 is 0.786 bits per heavy atom. The summed E-state index contributed by atoms with van der Waals surface area (Å²) in [5.41, 5.74) is 2.33. The van der Waals surface area contributed by atoms with Gasteiger partial charge in [0.15, 0.2) is 0 Å². The van der Waals surface area contributed by atoms with Crippen LogP contribution in [0.1, 0.15) is 30.0 Å². The summed E-state index contributed by atoms with van der Waals surface area (Å²) in [6.45, 7) is 2.00. The van der Waals surface area contributed by atoms with Crippen LogP contribution in [0.15, 0.2) is 72.8 Å². The molecular formula is C25H19F3. The highest BCUT2D eigenvalue weighted by molar-refractivity contribution is 5.66. The summed E-state index contributed by atoms with van der Waals surface area (Å²) in [5.74, 6) is 3.82. The highest BCUT2D eigenvalue weighted by Crippen LogP contribution is 2.27. The van der Waals surface area contributed by atoms with Crippen LogP contribution >= 0.6 is 0 Å². The molecule has 0 heterocycles. The minimum absolute atomic E-state index is 0.184. The molecule has 3 aromatic rings. The Balaban J connectivity index is 1.80. The second kappa shape index (κ2) is 9.10. The van der Waals surface area contributed by atoms with Crippen LogP contribution in [0.2, 0.25) is 0 Å². The van der Waals surface area contributed by atoms with E-state index in [1.807, 2.05) is 37.3 Å². The van der Waals surface area contributed by atoms with Crippen molar-refractivity contribution < 1.29 is 13.2 Å². The van der Waals surface area contributed by atoms with Gasteiger partial charge in [-0.2, -0.15) is 0 Å². The van der Waals surface area contributed by atoms with Crippen molar-refractivity contribution in [3.8, 4) is 23.0 Å². The topological polar surface area (TPSA) is 0 Å². The Labute approximate surface area is 163 Å². The van der Waals surface area contributed by atoms with Gasteiger partial charge in [0.1, 0.15) is 17.5 Å². The first-order chi connectivity index (χ1) is 13.6. The van der Waals surface area contributed by atoms with Crippen molar-refractivity contribution in [2.24, 2.45) is 0 Å². The molecule has 0 unspecified atom stereocenters. The van der Waals surface area contributed by atoms with Crippen LogP contribution in [0.4, 0.5) is 13.2 Å². The van der Waals surface area contributed by atoms with E-state index in [1.54, 1.807) is 0 Å². The lowest BCUT2D eigenvalue weighted by molar-refractivity contribution is 0.588. The van der Waals surface area contributed by atoms with Crippen LogP contribution in [-0.4, -0.2) is 0 Å². The number of aryl methyl sites for hydroxylation is 1. The van der Waals surface area contributed by atoms with E-state index in [9.17, 15) is 13.2 Å². The van der Waals surface area contributed by atoms with E-state index in [2.05, 4.69) is 17.9 Å². The molecule has 0 aliphatic carbocycles. The molecule has 3 aromatic carbocycles. The maximum atomic E-state index is 14.4. The molecule has 0 amide bonds. The van der Waals surface area contributed by atoms with Gasteiger partial charge in [0.25, 0.3) is 0 Å². The number of allylic oxidation sites excluding steroid dienone is 2. The van der Waals surface area contributed by atoms with E-state index in [1.165, 1.54) is 42.0 Å². The van der Waals surface area contributed by atoms with Crippen LogP contribution in [0.25, 0.3) is 11.1 Å². The van der Waals surface area contributed by atoms with Crippen molar-refractivity contribution >= 4 is 0 Å². The molecule has 3 heteroatoms. The zero-order chi connectivity index (χ0) is 19.9. The smallest absolute Gasteiger partial charge is 0.135 e. The minimum Gasteiger partial charge on any atom is -0.207 e. The average Bonchev–Trinajstić information content (AvgIpc) is 2.68. The van der Waals surface area contributed by atoms with Crippen LogP contribution in [-0.2, 0) is 6.42 Å². The van der Waals surface area contributed by atoms with Gasteiger partial charge in [0.05, 0.1) is 5.56 Å². The van der Waals surface area contributed by atoms with Crippen LogP contribution in [0.5, 0.6) is 0 Å². The molecule has 0 radical (unpaired) electrons. The molecule has 0 N–H and O–H groups in total. The van der Waals surface area contributed by atoms with E-state index < -0.39 is 17.5 Å². The summed E-state index contributed by atoms with van der Waals surface area (Å²) in [5, 5.41) is 0. The van der Waals surface area contributed by atoms with E-state index in [4.69, 9.17) is 0 Å². The Bertz CT molecular complexity index is 1010. The van der Waals surface area contributed by atoms with Crippen LogP contribution in [0.3, 0.4) is 0 Å². The molecule has 0 saturated heterocycles. The fraction of sp³-hybridized carbons (Fsp3) is 0.120. The molecular weight excluding hydrogens is 357 g/mol. The number of hydrogen-bond acceptors (Lipinski definition) is 0. The minimum atomic E-state index is -0.727. The molecule has 28 heavy (non-hydrogen) atoms. The van der Waals surface area contributed by atoms with E-state index in [0.717, 1.165) is 18.4 Å². The fourth-order valence-electron chi connectivity index (χ4n) is 2.85. The molecule has 3 rings (SSSR count). The summed E-state index contributed by atoms with van der Waals surface area (Å²) >= 11 is 0. The molecule has 0 spiro atoms. The summed E-state index contributed by atoms with van der Waals surface area (Å²) in [6, 6.07) is 15.2.